The number of hydrogen-bond acceptors (Lipinski definition) is 3. The first-order valence-electron chi connectivity index (χ1n) is 5.70. The summed E-state index contributed by atoms with van der Waals surface area (Å²) in [5.74, 6) is 0.944. The van der Waals surface area contributed by atoms with Crippen LogP contribution in [-0.2, 0) is 0 Å². The van der Waals surface area contributed by atoms with Crippen molar-refractivity contribution in [1.29, 1.82) is 0 Å². The third kappa shape index (κ3) is 1.61. The lowest BCUT2D eigenvalue weighted by Crippen LogP contribution is -2.21. The van der Waals surface area contributed by atoms with E-state index in [0.717, 1.165) is 12.0 Å². The predicted molar refractivity (Wildman–Crippen MR) is 68.2 cm³/mol. The number of carbonyl (C=O) groups is 1. The van der Waals surface area contributed by atoms with Crippen LogP contribution in [0.2, 0.25) is 0 Å². The minimum atomic E-state index is -0.0454. The fourth-order valence-corrected chi connectivity index (χ4v) is 3.74. The summed E-state index contributed by atoms with van der Waals surface area (Å²) >= 11 is 1.59. The van der Waals surface area contributed by atoms with Crippen LogP contribution in [0.4, 0.5) is 5.00 Å². The van der Waals surface area contributed by atoms with Crippen LogP contribution in [-0.4, -0.2) is 13.0 Å². The van der Waals surface area contributed by atoms with Gasteiger partial charge < -0.3 is 11.1 Å². The first kappa shape index (κ1) is 11.5. The highest BCUT2D eigenvalue weighted by molar-refractivity contribution is 7.16. The summed E-state index contributed by atoms with van der Waals surface area (Å²) in [7, 11) is 1.66. The van der Waals surface area contributed by atoms with E-state index in [0.29, 0.717) is 16.8 Å². The van der Waals surface area contributed by atoms with E-state index in [9.17, 15) is 4.79 Å². The van der Waals surface area contributed by atoms with E-state index in [1.165, 1.54) is 16.9 Å². The summed E-state index contributed by atoms with van der Waals surface area (Å²) in [5, 5.41) is 3.35. The van der Waals surface area contributed by atoms with Gasteiger partial charge in [-0.15, -0.1) is 11.3 Å². The van der Waals surface area contributed by atoms with Crippen LogP contribution in [0.15, 0.2) is 0 Å². The summed E-state index contributed by atoms with van der Waals surface area (Å²) in [6.45, 7) is 4.40. The molecule has 1 aromatic rings. The van der Waals surface area contributed by atoms with Crippen molar-refractivity contribution in [2.24, 2.45) is 0 Å². The second-order valence-electron chi connectivity index (χ2n) is 4.58. The van der Waals surface area contributed by atoms with Crippen LogP contribution in [0.5, 0.6) is 0 Å². The zero-order chi connectivity index (χ0) is 11.9. The van der Waals surface area contributed by atoms with Crippen molar-refractivity contribution in [3.05, 3.63) is 16.0 Å². The van der Waals surface area contributed by atoms with Gasteiger partial charge in [0, 0.05) is 11.9 Å². The molecule has 2 unspecified atom stereocenters. The number of fused-ring (bicyclic) bond motifs is 1. The van der Waals surface area contributed by atoms with Gasteiger partial charge in [-0.1, -0.05) is 13.8 Å². The quantitative estimate of drug-likeness (QED) is 0.790. The Hall–Kier alpha value is -1.03. The van der Waals surface area contributed by atoms with Crippen molar-refractivity contribution < 1.29 is 4.79 Å². The van der Waals surface area contributed by atoms with Crippen LogP contribution in [0.3, 0.4) is 0 Å². The number of amides is 1. The minimum Gasteiger partial charge on any atom is -0.390 e. The van der Waals surface area contributed by atoms with Crippen LogP contribution in [0.1, 0.15) is 59.3 Å². The van der Waals surface area contributed by atoms with E-state index in [-0.39, 0.29) is 5.91 Å². The molecule has 0 saturated heterocycles. The molecule has 0 bridgehead atoms. The maximum Gasteiger partial charge on any atom is 0.254 e. The van der Waals surface area contributed by atoms with Gasteiger partial charge >= 0.3 is 0 Å². The Bertz CT molecular complexity index is 425. The second-order valence-corrected chi connectivity index (χ2v) is 5.66. The summed E-state index contributed by atoms with van der Waals surface area (Å²) < 4.78 is 0. The molecule has 0 fully saturated rings. The molecule has 1 heterocycles. The highest BCUT2D eigenvalue weighted by Gasteiger charge is 2.31. The lowest BCUT2D eigenvalue weighted by Gasteiger charge is -2.24. The molecule has 1 aliphatic carbocycles. The zero-order valence-electron chi connectivity index (χ0n) is 9.96. The molecular formula is C12H18N2OS. The summed E-state index contributed by atoms with van der Waals surface area (Å²) in [6, 6.07) is 0. The maximum absolute atomic E-state index is 11.8. The first-order chi connectivity index (χ1) is 7.56. The standard InChI is InChI=1S/C12H18N2OS/c1-6-4-5-7(2)10-8(6)9(11(13)16-10)12(15)14-3/h6-7H,4-5,13H2,1-3H3,(H,14,15). The molecule has 3 nitrogen and oxygen atoms in total. The molecule has 2 rings (SSSR count). The summed E-state index contributed by atoms with van der Waals surface area (Å²) in [6.07, 6.45) is 2.34. The van der Waals surface area contributed by atoms with Gasteiger partial charge in [0.05, 0.1) is 10.6 Å². The summed E-state index contributed by atoms with van der Waals surface area (Å²) in [5.41, 5.74) is 7.90. The van der Waals surface area contributed by atoms with Gasteiger partial charge in [0.2, 0.25) is 0 Å². The largest absolute Gasteiger partial charge is 0.390 e. The molecule has 0 spiro atoms. The molecule has 3 N–H and O–H groups in total. The van der Waals surface area contributed by atoms with Crippen molar-refractivity contribution >= 4 is 22.2 Å². The Morgan fingerprint density at radius 1 is 1.38 bits per heavy atom. The predicted octanol–water partition coefficient (Wildman–Crippen LogP) is 2.69. The molecule has 0 radical (unpaired) electrons. The third-order valence-electron chi connectivity index (χ3n) is 3.43. The molecular weight excluding hydrogens is 220 g/mol. The molecule has 4 heteroatoms. The van der Waals surface area contributed by atoms with E-state index < -0.39 is 0 Å². The Labute approximate surface area is 100 Å². The Balaban J connectivity index is 2.58. The maximum atomic E-state index is 11.8. The van der Waals surface area contributed by atoms with Gasteiger partial charge in [-0.3, -0.25) is 4.79 Å². The molecule has 1 amide bonds. The first-order valence-corrected chi connectivity index (χ1v) is 6.52. The van der Waals surface area contributed by atoms with Crippen molar-refractivity contribution in [2.75, 3.05) is 12.8 Å². The average molecular weight is 238 g/mol. The smallest absolute Gasteiger partial charge is 0.254 e. The molecule has 0 saturated carbocycles. The van der Waals surface area contributed by atoms with Crippen molar-refractivity contribution in [3.63, 3.8) is 0 Å². The van der Waals surface area contributed by atoms with Crippen LogP contribution in [0, 0.1) is 0 Å². The highest BCUT2D eigenvalue weighted by atomic mass is 32.1. The number of nitrogens with one attached hydrogen (secondary N) is 1. The third-order valence-corrected chi connectivity index (χ3v) is 4.69. The zero-order valence-corrected chi connectivity index (χ0v) is 10.8. The monoisotopic (exact) mass is 238 g/mol. The fourth-order valence-electron chi connectivity index (χ4n) is 2.47. The normalized spacial score (nSPS) is 23.9. The second kappa shape index (κ2) is 4.09. The Kier molecular flexibility index (Phi) is 2.93. The van der Waals surface area contributed by atoms with Gasteiger partial charge in [-0.2, -0.15) is 0 Å². The fraction of sp³-hybridized carbons (Fsp3) is 0.583. The minimum absolute atomic E-state index is 0.0454. The van der Waals surface area contributed by atoms with Gasteiger partial charge in [0.1, 0.15) is 0 Å². The number of thiophene rings is 1. The van der Waals surface area contributed by atoms with E-state index in [2.05, 4.69) is 19.2 Å². The molecule has 1 aromatic heterocycles. The number of carbonyl (C=O) groups excluding carboxylic acids is 1. The van der Waals surface area contributed by atoms with Gasteiger partial charge in [-0.05, 0) is 30.2 Å². The van der Waals surface area contributed by atoms with E-state index in [1.54, 1.807) is 18.4 Å². The number of anilines is 1. The molecule has 16 heavy (non-hydrogen) atoms. The van der Waals surface area contributed by atoms with Gasteiger partial charge in [-0.25, -0.2) is 0 Å². The Morgan fingerprint density at radius 2 is 2.00 bits per heavy atom. The van der Waals surface area contributed by atoms with E-state index >= 15 is 0 Å². The SMILES string of the molecule is CNC(=O)c1c(N)sc2c1C(C)CCC2C. The van der Waals surface area contributed by atoms with Crippen molar-refractivity contribution in [1.82, 2.24) is 5.32 Å². The van der Waals surface area contributed by atoms with Crippen LogP contribution < -0.4 is 11.1 Å². The van der Waals surface area contributed by atoms with Crippen molar-refractivity contribution in [2.45, 2.75) is 38.5 Å². The lowest BCUT2D eigenvalue weighted by atomic mass is 9.81. The van der Waals surface area contributed by atoms with Crippen LogP contribution >= 0.6 is 11.3 Å². The molecule has 0 aromatic carbocycles. The molecule has 0 aliphatic heterocycles. The number of hydrogen-bond donors (Lipinski definition) is 2. The Morgan fingerprint density at radius 3 is 2.62 bits per heavy atom. The number of nitrogen functional groups attached to an aromatic ring is 1. The summed E-state index contributed by atoms with van der Waals surface area (Å²) in [4.78, 5) is 13.1. The van der Waals surface area contributed by atoms with Crippen LogP contribution in [0.25, 0.3) is 0 Å². The van der Waals surface area contributed by atoms with E-state index in [1.807, 2.05) is 0 Å². The average Bonchev–Trinajstić information content (AvgIpc) is 2.61. The molecule has 2 atom stereocenters. The van der Waals surface area contributed by atoms with Gasteiger partial charge in [0.25, 0.3) is 5.91 Å². The van der Waals surface area contributed by atoms with Gasteiger partial charge in [0.15, 0.2) is 0 Å². The lowest BCUT2D eigenvalue weighted by molar-refractivity contribution is 0.0962. The molecule has 1 aliphatic rings. The molecule has 88 valence electrons. The van der Waals surface area contributed by atoms with E-state index in [4.69, 9.17) is 5.73 Å². The van der Waals surface area contributed by atoms with Crippen molar-refractivity contribution in [3.8, 4) is 0 Å². The number of rotatable bonds is 1. The topological polar surface area (TPSA) is 55.1 Å². The highest BCUT2D eigenvalue weighted by Crippen LogP contribution is 2.46. The number of nitrogens with two attached hydrogens (primary N) is 1.